The summed E-state index contributed by atoms with van der Waals surface area (Å²) in [4.78, 5) is 17.0. The molecular weight excluding hydrogens is 266 g/mol. The maximum Gasteiger partial charge on any atom is 0.191 e. The number of nitrogens with one attached hydrogen (secondary N) is 2. The Hall–Kier alpha value is -2.50. The first-order valence-corrected chi connectivity index (χ1v) is 7.22. The molecule has 0 spiro atoms. The Labute approximate surface area is 121 Å². The minimum absolute atomic E-state index is 0.309. The summed E-state index contributed by atoms with van der Waals surface area (Å²) >= 11 is 0. The third-order valence-corrected chi connectivity index (χ3v) is 4.32. The van der Waals surface area contributed by atoms with Crippen LogP contribution < -0.4 is 4.90 Å². The van der Waals surface area contributed by atoms with Crippen molar-refractivity contribution in [1.82, 2.24) is 19.9 Å². The summed E-state index contributed by atoms with van der Waals surface area (Å²) in [6.45, 7) is 1.87. The number of hydrogen-bond acceptors (Lipinski definition) is 4. The lowest BCUT2D eigenvalue weighted by atomic mass is 9.91. The molecule has 4 rings (SSSR count). The van der Waals surface area contributed by atoms with E-state index in [1.165, 1.54) is 0 Å². The predicted molar refractivity (Wildman–Crippen MR) is 80.5 cm³/mol. The molecule has 1 aliphatic rings. The summed E-state index contributed by atoms with van der Waals surface area (Å²) in [6, 6.07) is 4.00. The Morgan fingerprint density at radius 3 is 2.67 bits per heavy atom. The van der Waals surface area contributed by atoms with Crippen molar-refractivity contribution in [2.45, 2.75) is 18.8 Å². The zero-order chi connectivity index (χ0) is 14.2. The van der Waals surface area contributed by atoms with Gasteiger partial charge in [0.1, 0.15) is 17.8 Å². The van der Waals surface area contributed by atoms with Crippen LogP contribution in [0.15, 0.2) is 30.9 Å². The highest BCUT2D eigenvalue weighted by atomic mass is 16.3. The van der Waals surface area contributed by atoms with Gasteiger partial charge in [-0.25, -0.2) is 9.97 Å². The quantitative estimate of drug-likeness (QED) is 0.674. The molecule has 0 bridgehead atoms. The van der Waals surface area contributed by atoms with Crippen molar-refractivity contribution in [3.8, 4) is 5.88 Å². The van der Waals surface area contributed by atoms with Gasteiger partial charge in [0.25, 0.3) is 0 Å². The molecule has 3 aromatic rings. The van der Waals surface area contributed by atoms with Gasteiger partial charge >= 0.3 is 0 Å². The molecule has 6 nitrogen and oxygen atoms in total. The highest BCUT2D eigenvalue weighted by Gasteiger charge is 2.24. The fraction of sp³-hybridized carbons (Fsp3) is 0.333. The molecule has 1 saturated heterocycles. The van der Waals surface area contributed by atoms with E-state index in [0.29, 0.717) is 11.8 Å². The van der Waals surface area contributed by atoms with E-state index in [1.54, 1.807) is 12.5 Å². The number of H-pyrrole nitrogens is 2. The standard InChI is InChI=1S/C15H17N5O/c21-15-11(1-6-17-15)10-3-7-20(8-4-10)14-12-2-5-16-13(12)18-9-19-14/h1-2,5-6,9-10,17,21H,3-4,7-8H2,(H,16,18,19). The summed E-state index contributed by atoms with van der Waals surface area (Å²) in [7, 11) is 0. The van der Waals surface area contributed by atoms with E-state index in [0.717, 1.165) is 48.3 Å². The Morgan fingerprint density at radius 2 is 1.90 bits per heavy atom. The van der Waals surface area contributed by atoms with Gasteiger partial charge in [0.05, 0.1) is 5.39 Å². The van der Waals surface area contributed by atoms with Crippen molar-refractivity contribution in [1.29, 1.82) is 0 Å². The highest BCUT2D eigenvalue weighted by Crippen LogP contribution is 2.35. The van der Waals surface area contributed by atoms with Crippen molar-refractivity contribution in [2.24, 2.45) is 0 Å². The number of aromatic amines is 2. The van der Waals surface area contributed by atoms with E-state index in [9.17, 15) is 5.11 Å². The summed E-state index contributed by atoms with van der Waals surface area (Å²) in [5.74, 6) is 1.72. The lowest BCUT2D eigenvalue weighted by molar-refractivity contribution is 0.428. The van der Waals surface area contributed by atoms with Crippen molar-refractivity contribution in [2.75, 3.05) is 18.0 Å². The maximum atomic E-state index is 9.81. The van der Waals surface area contributed by atoms with Gasteiger partial charge in [-0.1, -0.05) is 0 Å². The molecule has 108 valence electrons. The van der Waals surface area contributed by atoms with Gasteiger partial charge in [0, 0.05) is 31.0 Å². The second kappa shape index (κ2) is 4.80. The number of hydrogen-bond donors (Lipinski definition) is 3. The van der Waals surface area contributed by atoms with E-state index in [4.69, 9.17) is 0 Å². The van der Waals surface area contributed by atoms with Crippen LogP contribution in [-0.4, -0.2) is 38.1 Å². The predicted octanol–water partition coefficient (Wildman–Crippen LogP) is 2.38. The Balaban J connectivity index is 1.55. The van der Waals surface area contributed by atoms with E-state index in [1.807, 2.05) is 18.3 Å². The van der Waals surface area contributed by atoms with Crippen LogP contribution >= 0.6 is 0 Å². The highest BCUT2D eigenvalue weighted by molar-refractivity contribution is 5.87. The molecular formula is C15H17N5O. The number of fused-ring (bicyclic) bond motifs is 1. The first-order chi connectivity index (χ1) is 10.3. The Bertz CT molecular complexity index is 754. The van der Waals surface area contributed by atoms with Gasteiger partial charge in [0.15, 0.2) is 5.88 Å². The van der Waals surface area contributed by atoms with Crippen LogP contribution in [0.3, 0.4) is 0 Å². The van der Waals surface area contributed by atoms with Crippen molar-refractivity contribution in [3.05, 3.63) is 36.4 Å². The summed E-state index contributed by atoms with van der Waals surface area (Å²) in [6.07, 6.45) is 7.33. The fourth-order valence-electron chi connectivity index (χ4n) is 3.22. The smallest absolute Gasteiger partial charge is 0.191 e. The Kier molecular flexibility index (Phi) is 2.80. The molecule has 0 radical (unpaired) electrons. The van der Waals surface area contributed by atoms with Crippen LogP contribution in [0.2, 0.25) is 0 Å². The van der Waals surface area contributed by atoms with Gasteiger partial charge in [-0.3, -0.25) is 0 Å². The largest absolute Gasteiger partial charge is 0.494 e. The molecule has 0 atom stereocenters. The lowest BCUT2D eigenvalue weighted by Crippen LogP contribution is -2.33. The molecule has 0 saturated carbocycles. The second-order valence-electron chi connectivity index (χ2n) is 5.48. The SMILES string of the molecule is Oc1[nH]ccc1C1CCN(c2ncnc3[nH]ccc23)CC1. The molecule has 1 fully saturated rings. The number of aromatic nitrogens is 4. The van der Waals surface area contributed by atoms with Gasteiger partial charge in [0.2, 0.25) is 0 Å². The number of aromatic hydroxyl groups is 1. The Morgan fingerprint density at radius 1 is 1.10 bits per heavy atom. The molecule has 3 N–H and O–H groups in total. The lowest BCUT2D eigenvalue weighted by Gasteiger charge is -2.32. The summed E-state index contributed by atoms with van der Waals surface area (Å²) in [5.41, 5.74) is 1.91. The average Bonchev–Trinajstić information content (AvgIpc) is 3.15. The second-order valence-corrected chi connectivity index (χ2v) is 5.48. The molecule has 21 heavy (non-hydrogen) atoms. The minimum Gasteiger partial charge on any atom is -0.494 e. The van der Waals surface area contributed by atoms with E-state index in [-0.39, 0.29) is 0 Å². The molecule has 0 amide bonds. The zero-order valence-corrected chi connectivity index (χ0v) is 11.6. The topological polar surface area (TPSA) is 80.8 Å². The molecule has 3 aromatic heterocycles. The summed E-state index contributed by atoms with van der Waals surface area (Å²) < 4.78 is 0. The molecule has 0 unspecified atom stereocenters. The number of nitrogens with zero attached hydrogens (tertiary/aromatic N) is 3. The van der Waals surface area contributed by atoms with Crippen molar-refractivity contribution in [3.63, 3.8) is 0 Å². The van der Waals surface area contributed by atoms with Crippen LogP contribution in [0.25, 0.3) is 11.0 Å². The number of rotatable bonds is 2. The van der Waals surface area contributed by atoms with E-state index < -0.39 is 0 Å². The normalized spacial score (nSPS) is 16.7. The number of anilines is 1. The van der Waals surface area contributed by atoms with Crippen LogP contribution in [0.1, 0.15) is 24.3 Å². The molecule has 0 aliphatic carbocycles. The van der Waals surface area contributed by atoms with Crippen LogP contribution in [0, 0.1) is 0 Å². The maximum absolute atomic E-state index is 9.81. The molecule has 0 aromatic carbocycles. The molecule has 6 heteroatoms. The van der Waals surface area contributed by atoms with E-state index in [2.05, 4.69) is 24.8 Å². The van der Waals surface area contributed by atoms with Crippen LogP contribution in [0.5, 0.6) is 5.88 Å². The average molecular weight is 283 g/mol. The third kappa shape index (κ3) is 2.03. The third-order valence-electron chi connectivity index (χ3n) is 4.32. The van der Waals surface area contributed by atoms with Crippen LogP contribution in [-0.2, 0) is 0 Å². The van der Waals surface area contributed by atoms with Crippen molar-refractivity contribution >= 4 is 16.9 Å². The minimum atomic E-state index is 0.309. The van der Waals surface area contributed by atoms with Crippen LogP contribution in [0.4, 0.5) is 5.82 Å². The zero-order valence-electron chi connectivity index (χ0n) is 11.6. The number of piperidine rings is 1. The fourth-order valence-corrected chi connectivity index (χ4v) is 3.22. The molecule has 1 aliphatic heterocycles. The van der Waals surface area contributed by atoms with Gasteiger partial charge < -0.3 is 20.0 Å². The molecule has 4 heterocycles. The monoisotopic (exact) mass is 283 g/mol. The van der Waals surface area contributed by atoms with Crippen molar-refractivity contribution < 1.29 is 5.11 Å². The first-order valence-electron chi connectivity index (χ1n) is 7.22. The van der Waals surface area contributed by atoms with Gasteiger partial charge in [-0.15, -0.1) is 0 Å². The summed E-state index contributed by atoms with van der Waals surface area (Å²) in [5, 5.41) is 10.9. The van der Waals surface area contributed by atoms with Gasteiger partial charge in [-0.2, -0.15) is 0 Å². The van der Waals surface area contributed by atoms with Gasteiger partial charge in [-0.05, 0) is 30.9 Å². The first kappa shape index (κ1) is 12.3. The van der Waals surface area contributed by atoms with E-state index >= 15 is 0 Å².